The summed E-state index contributed by atoms with van der Waals surface area (Å²) in [4.78, 5) is 0. The van der Waals surface area contributed by atoms with Gasteiger partial charge in [-0.05, 0) is 31.9 Å². The van der Waals surface area contributed by atoms with Crippen LogP contribution in [0.15, 0.2) is 30.3 Å². The molecule has 0 atom stereocenters. The van der Waals surface area contributed by atoms with Gasteiger partial charge in [-0.3, -0.25) is 0 Å². The molecule has 0 amide bonds. The Morgan fingerprint density at radius 1 is 0.875 bits per heavy atom. The monoisotopic (exact) mass is 220 g/mol. The Hall–Kier alpha value is -1.02. The van der Waals surface area contributed by atoms with E-state index in [1.807, 2.05) is 0 Å². The molecular weight excluding hydrogens is 196 g/mol. The number of benzene rings is 1. The quantitative estimate of drug-likeness (QED) is 0.648. The molecule has 2 nitrogen and oxygen atoms in total. The standard InChI is InChI=1S/C14H24N2/c1-4-12-15(13-5-2)16(6-3)14-10-8-7-9-11-14/h7-11H,4-6,12-13H2,1-3H3. The lowest BCUT2D eigenvalue weighted by Gasteiger charge is -2.35. The highest BCUT2D eigenvalue weighted by molar-refractivity contribution is 5.44. The van der Waals surface area contributed by atoms with E-state index < -0.39 is 0 Å². The van der Waals surface area contributed by atoms with Crippen molar-refractivity contribution in [2.45, 2.75) is 33.6 Å². The molecule has 2 heteroatoms. The van der Waals surface area contributed by atoms with Gasteiger partial charge in [0.1, 0.15) is 0 Å². The zero-order valence-corrected chi connectivity index (χ0v) is 10.8. The van der Waals surface area contributed by atoms with Crippen LogP contribution in [0.4, 0.5) is 5.69 Å². The molecule has 1 rings (SSSR count). The van der Waals surface area contributed by atoms with Crippen molar-refractivity contribution < 1.29 is 0 Å². The number of hydrogen-bond acceptors (Lipinski definition) is 2. The second-order valence-electron chi connectivity index (χ2n) is 4.00. The third kappa shape index (κ3) is 3.53. The minimum atomic E-state index is 1.03. The fraction of sp³-hybridized carbons (Fsp3) is 0.571. The lowest BCUT2D eigenvalue weighted by atomic mass is 10.3. The molecule has 0 saturated heterocycles. The average Bonchev–Trinajstić information content (AvgIpc) is 2.32. The van der Waals surface area contributed by atoms with Gasteiger partial charge in [0.05, 0.1) is 5.69 Å². The van der Waals surface area contributed by atoms with E-state index in [-0.39, 0.29) is 0 Å². The van der Waals surface area contributed by atoms with Crippen LogP contribution < -0.4 is 5.01 Å². The van der Waals surface area contributed by atoms with E-state index in [4.69, 9.17) is 0 Å². The number of hydrazine groups is 1. The van der Waals surface area contributed by atoms with E-state index in [1.54, 1.807) is 0 Å². The molecule has 0 spiro atoms. The Labute approximate surface area is 99.8 Å². The number of nitrogens with zero attached hydrogens (tertiary/aromatic N) is 2. The summed E-state index contributed by atoms with van der Waals surface area (Å²) in [6.07, 6.45) is 2.40. The molecule has 0 N–H and O–H groups in total. The van der Waals surface area contributed by atoms with Crippen molar-refractivity contribution in [3.63, 3.8) is 0 Å². The minimum Gasteiger partial charge on any atom is -0.306 e. The number of para-hydroxylation sites is 1. The first kappa shape index (κ1) is 13.0. The summed E-state index contributed by atoms with van der Waals surface area (Å²) in [5.74, 6) is 0. The number of anilines is 1. The summed E-state index contributed by atoms with van der Waals surface area (Å²) >= 11 is 0. The summed E-state index contributed by atoms with van der Waals surface area (Å²) in [7, 11) is 0. The summed E-state index contributed by atoms with van der Waals surface area (Å²) < 4.78 is 0. The first-order valence-corrected chi connectivity index (χ1v) is 6.40. The van der Waals surface area contributed by atoms with Crippen molar-refractivity contribution in [3.05, 3.63) is 30.3 Å². The molecule has 0 fully saturated rings. The molecule has 0 saturated carbocycles. The second-order valence-corrected chi connectivity index (χ2v) is 4.00. The lowest BCUT2D eigenvalue weighted by molar-refractivity contribution is 0.253. The molecule has 16 heavy (non-hydrogen) atoms. The lowest BCUT2D eigenvalue weighted by Crippen LogP contribution is -2.43. The Kier molecular flexibility index (Phi) is 5.94. The Morgan fingerprint density at radius 2 is 1.44 bits per heavy atom. The molecule has 0 bridgehead atoms. The van der Waals surface area contributed by atoms with Crippen molar-refractivity contribution in [3.8, 4) is 0 Å². The molecule has 0 radical (unpaired) electrons. The Balaban J connectivity index is 2.77. The van der Waals surface area contributed by atoms with Crippen LogP contribution in [0.3, 0.4) is 0 Å². The minimum absolute atomic E-state index is 1.03. The molecule has 0 heterocycles. The smallest absolute Gasteiger partial charge is 0.0522 e. The second kappa shape index (κ2) is 7.29. The van der Waals surface area contributed by atoms with Gasteiger partial charge < -0.3 is 5.01 Å². The fourth-order valence-electron chi connectivity index (χ4n) is 2.02. The van der Waals surface area contributed by atoms with Crippen LogP contribution in [-0.2, 0) is 0 Å². The van der Waals surface area contributed by atoms with E-state index in [9.17, 15) is 0 Å². The van der Waals surface area contributed by atoms with Crippen LogP contribution in [0.5, 0.6) is 0 Å². The maximum absolute atomic E-state index is 2.45. The number of rotatable bonds is 7. The summed E-state index contributed by atoms with van der Waals surface area (Å²) in [5.41, 5.74) is 1.30. The molecule has 0 unspecified atom stereocenters. The predicted octanol–water partition coefficient (Wildman–Crippen LogP) is 3.55. The topological polar surface area (TPSA) is 6.48 Å². The molecule has 0 aliphatic rings. The highest BCUT2D eigenvalue weighted by Crippen LogP contribution is 2.16. The molecule has 0 aromatic heterocycles. The van der Waals surface area contributed by atoms with Crippen molar-refractivity contribution in [2.24, 2.45) is 0 Å². The van der Waals surface area contributed by atoms with Gasteiger partial charge in [0.15, 0.2) is 0 Å². The van der Waals surface area contributed by atoms with Gasteiger partial charge in [0.25, 0.3) is 0 Å². The van der Waals surface area contributed by atoms with Crippen molar-refractivity contribution in [2.75, 3.05) is 24.6 Å². The normalized spacial score (nSPS) is 10.8. The highest BCUT2D eigenvalue weighted by Gasteiger charge is 2.12. The third-order valence-electron chi connectivity index (χ3n) is 2.66. The van der Waals surface area contributed by atoms with Crippen molar-refractivity contribution in [1.82, 2.24) is 5.01 Å². The van der Waals surface area contributed by atoms with E-state index in [2.05, 4.69) is 61.1 Å². The summed E-state index contributed by atoms with van der Waals surface area (Å²) in [6, 6.07) is 10.6. The van der Waals surface area contributed by atoms with Gasteiger partial charge in [0.2, 0.25) is 0 Å². The van der Waals surface area contributed by atoms with Crippen LogP contribution >= 0.6 is 0 Å². The molecule has 0 aliphatic carbocycles. The van der Waals surface area contributed by atoms with Gasteiger partial charge in [-0.15, -0.1) is 0 Å². The van der Waals surface area contributed by atoms with Gasteiger partial charge in [0, 0.05) is 19.6 Å². The van der Waals surface area contributed by atoms with Gasteiger partial charge >= 0.3 is 0 Å². The SMILES string of the molecule is CCCN(CCC)N(CC)c1ccccc1. The molecule has 1 aromatic carbocycles. The molecule has 90 valence electrons. The maximum atomic E-state index is 2.45. The third-order valence-corrected chi connectivity index (χ3v) is 2.66. The van der Waals surface area contributed by atoms with Gasteiger partial charge in [-0.1, -0.05) is 32.0 Å². The Bertz CT molecular complexity index is 265. The van der Waals surface area contributed by atoms with E-state index >= 15 is 0 Å². The summed E-state index contributed by atoms with van der Waals surface area (Å²) in [6.45, 7) is 9.99. The number of hydrogen-bond donors (Lipinski definition) is 0. The van der Waals surface area contributed by atoms with E-state index in [0.29, 0.717) is 0 Å². The maximum Gasteiger partial charge on any atom is 0.0522 e. The van der Waals surface area contributed by atoms with Crippen molar-refractivity contribution >= 4 is 5.69 Å². The molecule has 1 aromatic rings. The van der Waals surface area contributed by atoms with E-state index in [0.717, 1.165) is 19.6 Å². The van der Waals surface area contributed by atoms with Crippen LogP contribution in [-0.4, -0.2) is 24.6 Å². The largest absolute Gasteiger partial charge is 0.306 e. The van der Waals surface area contributed by atoms with Crippen LogP contribution in [0.1, 0.15) is 33.6 Å². The molecular formula is C14H24N2. The van der Waals surface area contributed by atoms with Gasteiger partial charge in [-0.2, -0.15) is 0 Å². The zero-order valence-electron chi connectivity index (χ0n) is 10.8. The predicted molar refractivity (Wildman–Crippen MR) is 71.6 cm³/mol. The van der Waals surface area contributed by atoms with Gasteiger partial charge in [-0.25, -0.2) is 5.01 Å². The van der Waals surface area contributed by atoms with Crippen LogP contribution in [0.2, 0.25) is 0 Å². The van der Waals surface area contributed by atoms with Crippen molar-refractivity contribution in [1.29, 1.82) is 0 Å². The first-order chi connectivity index (χ1) is 7.83. The first-order valence-electron chi connectivity index (χ1n) is 6.40. The molecule has 0 aliphatic heterocycles. The van der Waals surface area contributed by atoms with Crippen LogP contribution in [0, 0.1) is 0 Å². The van der Waals surface area contributed by atoms with Crippen LogP contribution in [0.25, 0.3) is 0 Å². The van der Waals surface area contributed by atoms with E-state index in [1.165, 1.54) is 18.5 Å². The zero-order chi connectivity index (χ0) is 11.8. The Morgan fingerprint density at radius 3 is 1.88 bits per heavy atom. The fourth-order valence-corrected chi connectivity index (χ4v) is 2.02. The summed E-state index contributed by atoms with van der Waals surface area (Å²) in [5, 5.41) is 4.84. The average molecular weight is 220 g/mol. The highest BCUT2D eigenvalue weighted by atomic mass is 15.6.